The Morgan fingerprint density at radius 1 is 1.33 bits per heavy atom. The number of anilines is 1. The molecular weight excluding hydrogens is 340 g/mol. The lowest BCUT2D eigenvalue weighted by Crippen LogP contribution is -2.31. The van der Waals surface area contributed by atoms with Crippen molar-refractivity contribution in [1.82, 2.24) is 5.32 Å². The van der Waals surface area contributed by atoms with E-state index in [0.29, 0.717) is 35.8 Å². The Balaban J connectivity index is 2.42. The molecule has 0 saturated carbocycles. The summed E-state index contributed by atoms with van der Waals surface area (Å²) in [5.74, 6) is -0.600. The number of urea groups is 1. The number of amides is 2. The third kappa shape index (κ3) is 7.10. The van der Waals surface area contributed by atoms with Crippen molar-refractivity contribution >= 4 is 33.6 Å². The molecule has 0 radical (unpaired) electrons. The second kappa shape index (κ2) is 8.63. The van der Waals surface area contributed by atoms with E-state index in [1.165, 1.54) is 12.1 Å². The molecule has 0 atom stereocenters. The van der Waals surface area contributed by atoms with E-state index in [0.717, 1.165) is 0 Å². The second-order valence-corrected chi connectivity index (χ2v) is 5.80. The quantitative estimate of drug-likeness (QED) is 0.654. The van der Waals surface area contributed by atoms with Crippen LogP contribution >= 0.6 is 15.9 Å². The average Bonchev–Trinajstić information content (AvgIpc) is 2.37. The fraction of sp³-hybridized carbons (Fsp3) is 0.429. The minimum atomic E-state index is -1.05. The summed E-state index contributed by atoms with van der Waals surface area (Å²) in [6.07, 6.45) is 0. The molecule has 0 fully saturated rings. The van der Waals surface area contributed by atoms with Gasteiger partial charge in [-0.15, -0.1) is 0 Å². The Kier molecular flexibility index (Phi) is 7.18. The summed E-state index contributed by atoms with van der Waals surface area (Å²) in [4.78, 5) is 22.6. The van der Waals surface area contributed by atoms with Crippen LogP contribution in [0, 0.1) is 5.92 Å². The van der Waals surface area contributed by atoms with Crippen LogP contribution in [-0.2, 0) is 4.74 Å². The third-order valence-corrected chi connectivity index (χ3v) is 2.84. The first kappa shape index (κ1) is 17.5. The molecule has 1 aromatic rings. The monoisotopic (exact) mass is 358 g/mol. The van der Waals surface area contributed by atoms with Crippen LogP contribution in [0.1, 0.15) is 24.2 Å². The van der Waals surface area contributed by atoms with Crippen molar-refractivity contribution in [2.24, 2.45) is 5.92 Å². The van der Waals surface area contributed by atoms with Gasteiger partial charge < -0.3 is 20.5 Å². The molecule has 2 amide bonds. The number of ether oxygens (including phenoxy) is 1. The fourth-order valence-corrected chi connectivity index (χ4v) is 2.01. The number of carbonyl (C=O) groups excluding carboxylic acids is 1. The van der Waals surface area contributed by atoms with E-state index in [1.54, 1.807) is 6.07 Å². The summed E-state index contributed by atoms with van der Waals surface area (Å²) in [6.45, 7) is 5.57. The molecule has 7 heteroatoms. The Morgan fingerprint density at radius 3 is 2.67 bits per heavy atom. The minimum Gasteiger partial charge on any atom is -0.478 e. The Labute approximate surface area is 132 Å². The number of aromatic carboxylic acids is 1. The summed E-state index contributed by atoms with van der Waals surface area (Å²) in [6, 6.07) is 4.08. The van der Waals surface area contributed by atoms with E-state index in [1.807, 2.05) is 13.8 Å². The molecule has 0 aromatic heterocycles. The maximum Gasteiger partial charge on any atom is 0.335 e. The van der Waals surface area contributed by atoms with E-state index in [4.69, 9.17) is 9.84 Å². The number of hydrogen-bond donors (Lipinski definition) is 3. The highest BCUT2D eigenvalue weighted by Gasteiger charge is 2.08. The first-order chi connectivity index (χ1) is 9.88. The lowest BCUT2D eigenvalue weighted by Gasteiger charge is -2.10. The lowest BCUT2D eigenvalue weighted by molar-refractivity contribution is 0.0697. The standard InChI is InChI=1S/C14H19BrN2O4/c1-9(2)8-21-4-3-16-14(20)17-12-6-10(13(18)19)5-11(15)7-12/h5-7,9H,3-4,8H2,1-2H3,(H,18,19)(H2,16,17,20). The lowest BCUT2D eigenvalue weighted by atomic mass is 10.2. The van der Waals surface area contributed by atoms with Gasteiger partial charge in [-0.1, -0.05) is 29.8 Å². The summed E-state index contributed by atoms with van der Waals surface area (Å²) in [5.41, 5.74) is 0.502. The van der Waals surface area contributed by atoms with E-state index in [2.05, 4.69) is 26.6 Å². The number of nitrogens with one attached hydrogen (secondary N) is 2. The van der Waals surface area contributed by atoms with Crippen LogP contribution in [0.15, 0.2) is 22.7 Å². The first-order valence-electron chi connectivity index (χ1n) is 6.55. The van der Waals surface area contributed by atoms with Gasteiger partial charge in [0.2, 0.25) is 0 Å². The minimum absolute atomic E-state index is 0.0972. The van der Waals surface area contributed by atoms with Crippen molar-refractivity contribution in [1.29, 1.82) is 0 Å². The highest BCUT2D eigenvalue weighted by Crippen LogP contribution is 2.19. The van der Waals surface area contributed by atoms with Gasteiger partial charge in [0, 0.05) is 23.3 Å². The number of carboxylic acid groups (broad SMARTS) is 1. The maximum absolute atomic E-state index is 11.7. The molecule has 0 aliphatic rings. The molecule has 0 spiro atoms. The zero-order valence-corrected chi connectivity index (χ0v) is 13.6. The van der Waals surface area contributed by atoms with Gasteiger partial charge in [-0.3, -0.25) is 0 Å². The van der Waals surface area contributed by atoms with Gasteiger partial charge in [-0.2, -0.15) is 0 Å². The second-order valence-electron chi connectivity index (χ2n) is 4.88. The van der Waals surface area contributed by atoms with Gasteiger partial charge >= 0.3 is 12.0 Å². The molecule has 1 aromatic carbocycles. The molecule has 0 heterocycles. The van der Waals surface area contributed by atoms with Gasteiger partial charge in [0.1, 0.15) is 0 Å². The van der Waals surface area contributed by atoms with Crippen molar-refractivity contribution in [2.75, 3.05) is 25.1 Å². The number of benzene rings is 1. The van der Waals surface area contributed by atoms with E-state index in [9.17, 15) is 9.59 Å². The first-order valence-corrected chi connectivity index (χ1v) is 7.34. The highest BCUT2D eigenvalue weighted by atomic mass is 79.9. The molecule has 6 nitrogen and oxygen atoms in total. The number of halogens is 1. The van der Waals surface area contributed by atoms with Gasteiger partial charge in [0.05, 0.1) is 12.2 Å². The van der Waals surface area contributed by atoms with Crippen LogP contribution in [0.3, 0.4) is 0 Å². The summed E-state index contributed by atoms with van der Waals surface area (Å²) in [5, 5.41) is 14.2. The number of hydrogen-bond acceptors (Lipinski definition) is 3. The normalized spacial score (nSPS) is 10.5. The summed E-state index contributed by atoms with van der Waals surface area (Å²) in [7, 11) is 0. The molecule has 0 saturated heterocycles. The van der Waals surface area contributed by atoms with Crippen molar-refractivity contribution in [3.8, 4) is 0 Å². The Bertz CT molecular complexity index is 506. The van der Waals surface area contributed by atoms with Gasteiger partial charge in [-0.25, -0.2) is 9.59 Å². The largest absolute Gasteiger partial charge is 0.478 e. The number of carboxylic acids is 1. The summed E-state index contributed by atoms with van der Waals surface area (Å²) < 4.78 is 5.92. The third-order valence-electron chi connectivity index (χ3n) is 2.39. The zero-order valence-electron chi connectivity index (χ0n) is 12.0. The Hall–Kier alpha value is -1.60. The number of rotatable bonds is 7. The molecule has 0 aliphatic carbocycles. The smallest absolute Gasteiger partial charge is 0.335 e. The van der Waals surface area contributed by atoms with Crippen LogP contribution in [0.5, 0.6) is 0 Å². The zero-order chi connectivity index (χ0) is 15.8. The molecule has 1 rings (SSSR count). The molecule has 0 unspecified atom stereocenters. The summed E-state index contributed by atoms with van der Waals surface area (Å²) >= 11 is 3.20. The molecule has 0 bridgehead atoms. The van der Waals surface area contributed by atoms with Gasteiger partial charge in [0.25, 0.3) is 0 Å². The van der Waals surface area contributed by atoms with Crippen LogP contribution in [0.2, 0.25) is 0 Å². The van der Waals surface area contributed by atoms with E-state index >= 15 is 0 Å². The van der Waals surface area contributed by atoms with Crippen molar-refractivity contribution < 1.29 is 19.4 Å². The predicted molar refractivity (Wildman–Crippen MR) is 83.8 cm³/mol. The van der Waals surface area contributed by atoms with Gasteiger partial charge in [-0.05, 0) is 24.1 Å². The molecule has 21 heavy (non-hydrogen) atoms. The van der Waals surface area contributed by atoms with Crippen LogP contribution < -0.4 is 10.6 Å². The van der Waals surface area contributed by atoms with Crippen molar-refractivity contribution in [3.05, 3.63) is 28.2 Å². The highest BCUT2D eigenvalue weighted by molar-refractivity contribution is 9.10. The Morgan fingerprint density at radius 2 is 2.05 bits per heavy atom. The fourth-order valence-electron chi connectivity index (χ4n) is 1.52. The SMILES string of the molecule is CC(C)COCCNC(=O)Nc1cc(Br)cc(C(=O)O)c1. The van der Waals surface area contributed by atoms with Crippen LogP contribution in [0.25, 0.3) is 0 Å². The molecule has 0 aliphatic heterocycles. The van der Waals surface area contributed by atoms with Gasteiger partial charge in [0.15, 0.2) is 0 Å². The maximum atomic E-state index is 11.7. The number of carbonyl (C=O) groups is 2. The van der Waals surface area contributed by atoms with E-state index < -0.39 is 12.0 Å². The molecular formula is C14H19BrN2O4. The topological polar surface area (TPSA) is 87.7 Å². The predicted octanol–water partition coefficient (Wildman–Crippen LogP) is 2.94. The van der Waals surface area contributed by atoms with E-state index in [-0.39, 0.29) is 5.56 Å². The average molecular weight is 359 g/mol. The van der Waals surface area contributed by atoms with Crippen molar-refractivity contribution in [2.45, 2.75) is 13.8 Å². The molecule has 116 valence electrons. The van der Waals surface area contributed by atoms with Crippen LogP contribution in [-0.4, -0.2) is 36.9 Å². The molecule has 3 N–H and O–H groups in total. The van der Waals surface area contributed by atoms with Crippen LogP contribution in [0.4, 0.5) is 10.5 Å². The van der Waals surface area contributed by atoms with Crippen molar-refractivity contribution in [3.63, 3.8) is 0 Å².